The predicted molar refractivity (Wildman–Crippen MR) is 73.4 cm³/mol. The smallest absolute Gasteiger partial charge is 0.273 e. The quantitative estimate of drug-likeness (QED) is 0.389. The van der Waals surface area contributed by atoms with Crippen LogP contribution in [-0.4, -0.2) is 15.7 Å². The van der Waals surface area contributed by atoms with E-state index < -0.39 is 4.92 Å². The first-order chi connectivity index (χ1) is 9.49. The summed E-state index contributed by atoms with van der Waals surface area (Å²) in [6, 6.07) is 5.32. The molecule has 0 saturated carbocycles. The van der Waals surface area contributed by atoms with Gasteiger partial charge < -0.3 is 10.5 Å². The number of nitrogens with one attached hydrogen (secondary N) is 1. The monoisotopic (exact) mass is 292 g/mol. The molecule has 1 aromatic carbocycles. The van der Waals surface area contributed by atoms with Gasteiger partial charge in [-0.2, -0.15) is 0 Å². The second kappa shape index (κ2) is 5.54. The van der Waals surface area contributed by atoms with Gasteiger partial charge in [0.2, 0.25) is 0 Å². The van der Waals surface area contributed by atoms with E-state index in [4.69, 9.17) is 27.5 Å². The molecule has 2 aromatic rings. The number of hydrogen-bond donors (Lipinski definition) is 2. The third-order valence-electron chi connectivity index (χ3n) is 2.42. The molecule has 0 aliphatic heterocycles. The molecule has 0 atom stereocenters. The summed E-state index contributed by atoms with van der Waals surface area (Å²) in [6.07, 6.45) is 2.81. The maximum Gasteiger partial charge on any atom is 0.273 e. The molecular weight excluding hydrogens is 284 g/mol. The lowest BCUT2D eigenvalue weighted by Crippen LogP contribution is -2.12. The highest BCUT2D eigenvalue weighted by atomic mass is 35.5. The molecule has 1 aromatic heterocycles. The number of pyridine rings is 1. The van der Waals surface area contributed by atoms with Crippen LogP contribution >= 0.6 is 11.6 Å². The molecule has 3 N–H and O–H groups in total. The van der Waals surface area contributed by atoms with Crippen LogP contribution in [0, 0.1) is 15.5 Å². The minimum Gasteiger partial charge on any atom is -0.453 e. The number of rotatable bonds is 4. The van der Waals surface area contributed by atoms with Crippen molar-refractivity contribution in [1.29, 1.82) is 5.41 Å². The number of halogens is 1. The number of nitro benzene ring substituents is 1. The molecule has 0 amide bonds. The molecule has 0 spiro atoms. The van der Waals surface area contributed by atoms with Crippen molar-refractivity contribution < 1.29 is 9.66 Å². The Bertz CT molecular complexity index is 690. The van der Waals surface area contributed by atoms with Gasteiger partial charge in [-0.25, -0.2) is 0 Å². The van der Waals surface area contributed by atoms with Gasteiger partial charge in [0.05, 0.1) is 27.8 Å². The Morgan fingerprint density at radius 3 is 2.80 bits per heavy atom. The van der Waals surface area contributed by atoms with E-state index in [9.17, 15) is 10.1 Å². The highest BCUT2D eigenvalue weighted by molar-refractivity contribution is 6.32. The molecule has 20 heavy (non-hydrogen) atoms. The average molecular weight is 293 g/mol. The number of hydrogen-bond acceptors (Lipinski definition) is 5. The van der Waals surface area contributed by atoms with Crippen molar-refractivity contribution in [3.8, 4) is 11.5 Å². The lowest BCUT2D eigenvalue weighted by molar-refractivity contribution is -0.384. The number of amidine groups is 1. The van der Waals surface area contributed by atoms with E-state index in [-0.39, 0.29) is 28.0 Å². The number of non-ortho nitro benzene ring substituents is 1. The van der Waals surface area contributed by atoms with Crippen LogP contribution in [0.1, 0.15) is 5.56 Å². The number of nitrogens with zero attached hydrogens (tertiary/aromatic N) is 2. The summed E-state index contributed by atoms with van der Waals surface area (Å²) >= 11 is 5.93. The third-order valence-corrected chi connectivity index (χ3v) is 2.73. The van der Waals surface area contributed by atoms with Gasteiger partial charge in [0.25, 0.3) is 5.69 Å². The van der Waals surface area contributed by atoms with Gasteiger partial charge in [0, 0.05) is 12.3 Å². The summed E-state index contributed by atoms with van der Waals surface area (Å²) in [5.41, 5.74) is 5.59. The summed E-state index contributed by atoms with van der Waals surface area (Å²) in [4.78, 5) is 14.0. The third kappa shape index (κ3) is 2.83. The number of nitrogen functional groups attached to an aromatic ring is 1. The van der Waals surface area contributed by atoms with Gasteiger partial charge >= 0.3 is 0 Å². The lowest BCUT2D eigenvalue weighted by Gasteiger charge is -2.10. The second-order valence-corrected chi connectivity index (χ2v) is 4.17. The van der Waals surface area contributed by atoms with E-state index in [1.54, 1.807) is 0 Å². The second-order valence-electron chi connectivity index (χ2n) is 3.76. The van der Waals surface area contributed by atoms with Gasteiger partial charge in [0.1, 0.15) is 5.84 Å². The Morgan fingerprint density at radius 2 is 2.15 bits per heavy atom. The maximum atomic E-state index is 10.7. The zero-order chi connectivity index (χ0) is 14.7. The number of benzene rings is 1. The van der Waals surface area contributed by atoms with E-state index in [1.807, 2.05) is 0 Å². The molecule has 0 bridgehead atoms. The first kappa shape index (κ1) is 13.8. The van der Waals surface area contributed by atoms with Crippen LogP contribution in [-0.2, 0) is 0 Å². The summed E-state index contributed by atoms with van der Waals surface area (Å²) < 4.78 is 5.47. The number of aromatic nitrogens is 1. The summed E-state index contributed by atoms with van der Waals surface area (Å²) in [7, 11) is 0. The molecule has 7 nitrogen and oxygen atoms in total. The standard InChI is InChI=1S/C12H9ClN4O3/c13-9-2-1-7(17(18)19)5-10(9)20-11-6-16-4-3-8(11)12(14)15/h1-6H,(H3,14,15). The molecule has 2 rings (SSSR count). The first-order valence-corrected chi connectivity index (χ1v) is 5.77. The molecule has 0 radical (unpaired) electrons. The van der Waals surface area contributed by atoms with Crippen molar-refractivity contribution in [1.82, 2.24) is 4.98 Å². The molecule has 0 aliphatic carbocycles. The zero-order valence-electron chi connectivity index (χ0n) is 10.0. The van der Waals surface area contributed by atoms with E-state index in [1.165, 1.54) is 36.7 Å². The molecule has 102 valence electrons. The van der Waals surface area contributed by atoms with E-state index >= 15 is 0 Å². The molecule has 0 aliphatic rings. The fourth-order valence-corrected chi connectivity index (χ4v) is 1.64. The first-order valence-electron chi connectivity index (χ1n) is 5.39. The largest absolute Gasteiger partial charge is 0.453 e. The summed E-state index contributed by atoms with van der Waals surface area (Å²) in [5, 5.41) is 18.4. The Kier molecular flexibility index (Phi) is 3.81. The highest BCUT2D eigenvalue weighted by Gasteiger charge is 2.14. The average Bonchev–Trinajstić information content (AvgIpc) is 2.41. The zero-order valence-corrected chi connectivity index (χ0v) is 10.8. The van der Waals surface area contributed by atoms with Crippen LogP contribution in [0.3, 0.4) is 0 Å². The van der Waals surface area contributed by atoms with Gasteiger partial charge in [-0.15, -0.1) is 0 Å². The van der Waals surface area contributed by atoms with Crippen LogP contribution in [0.2, 0.25) is 5.02 Å². The highest BCUT2D eigenvalue weighted by Crippen LogP contribution is 2.33. The van der Waals surface area contributed by atoms with E-state index in [0.717, 1.165) is 0 Å². The Balaban J connectivity index is 2.42. The predicted octanol–water partition coefficient (Wildman–Crippen LogP) is 2.72. The van der Waals surface area contributed by atoms with Gasteiger partial charge in [0.15, 0.2) is 11.5 Å². The Labute approximate surface area is 118 Å². The Morgan fingerprint density at radius 1 is 1.40 bits per heavy atom. The van der Waals surface area contributed by atoms with Crippen molar-refractivity contribution in [2.24, 2.45) is 5.73 Å². The van der Waals surface area contributed by atoms with Crippen LogP contribution in [0.15, 0.2) is 36.7 Å². The number of ether oxygens (including phenoxy) is 1. The summed E-state index contributed by atoms with van der Waals surface area (Å²) in [6.45, 7) is 0. The molecule has 8 heteroatoms. The minimum atomic E-state index is -0.557. The van der Waals surface area contributed by atoms with Crippen LogP contribution in [0.25, 0.3) is 0 Å². The van der Waals surface area contributed by atoms with Crippen molar-refractivity contribution in [3.05, 3.63) is 57.4 Å². The molecule has 1 heterocycles. The number of nitro groups is 1. The van der Waals surface area contributed by atoms with Crippen molar-refractivity contribution in [2.75, 3.05) is 0 Å². The van der Waals surface area contributed by atoms with Gasteiger partial charge in [-0.1, -0.05) is 11.6 Å². The van der Waals surface area contributed by atoms with E-state index in [2.05, 4.69) is 4.98 Å². The SMILES string of the molecule is N=C(N)c1ccncc1Oc1cc([N+](=O)[O-])ccc1Cl. The topological polar surface area (TPSA) is 115 Å². The minimum absolute atomic E-state index is 0.0939. The van der Waals surface area contributed by atoms with Crippen molar-refractivity contribution in [2.45, 2.75) is 0 Å². The molecular formula is C12H9ClN4O3. The lowest BCUT2D eigenvalue weighted by atomic mass is 10.2. The Hall–Kier alpha value is -2.67. The fourth-order valence-electron chi connectivity index (χ4n) is 1.49. The maximum absolute atomic E-state index is 10.7. The van der Waals surface area contributed by atoms with Crippen molar-refractivity contribution in [3.63, 3.8) is 0 Å². The molecule has 0 unspecified atom stereocenters. The van der Waals surface area contributed by atoms with Gasteiger partial charge in [-0.05, 0) is 12.1 Å². The normalized spacial score (nSPS) is 10.1. The van der Waals surface area contributed by atoms with Crippen LogP contribution < -0.4 is 10.5 Å². The van der Waals surface area contributed by atoms with Crippen LogP contribution in [0.4, 0.5) is 5.69 Å². The van der Waals surface area contributed by atoms with E-state index in [0.29, 0.717) is 5.56 Å². The fraction of sp³-hybridized carbons (Fsp3) is 0. The molecule has 0 fully saturated rings. The van der Waals surface area contributed by atoms with Crippen LogP contribution in [0.5, 0.6) is 11.5 Å². The summed E-state index contributed by atoms with van der Waals surface area (Å²) in [5.74, 6) is 0.0858. The number of nitrogens with two attached hydrogens (primary N) is 1. The molecule has 0 saturated heterocycles. The van der Waals surface area contributed by atoms with Crippen molar-refractivity contribution >= 4 is 23.1 Å². The van der Waals surface area contributed by atoms with Gasteiger partial charge in [-0.3, -0.25) is 20.5 Å².